The number of para-hydroxylation sites is 2. The van der Waals surface area contributed by atoms with Crippen molar-refractivity contribution in [3.63, 3.8) is 0 Å². The summed E-state index contributed by atoms with van der Waals surface area (Å²) in [7, 11) is 1.97. The largest absolute Gasteiger partial charge is 0.352 e. The Kier molecular flexibility index (Phi) is 7.03. The van der Waals surface area contributed by atoms with Crippen LogP contribution in [0.5, 0.6) is 0 Å². The standard InChI is InChI=1S/C23H28N4O2/c1-3-13-24-22(28)18-26-14-16-27(17-15-26)23(29)20-11-7-8-12-21(20)25(2)19-9-5-4-6-10-19/h3-12H,1,13-18H2,2H3,(H,24,28). The molecule has 2 aromatic carbocycles. The predicted molar refractivity (Wildman–Crippen MR) is 116 cm³/mol. The zero-order valence-electron chi connectivity index (χ0n) is 16.9. The van der Waals surface area contributed by atoms with Gasteiger partial charge in [-0.2, -0.15) is 0 Å². The number of nitrogens with zero attached hydrogens (tertiary/aromatic N) is 3. The second-order valence-electron chi connectivity index (χ2n) is 7.07. The molecule has 0 atom stereocenters. The van der Waals surface area contributed by atoms with Crippen LogP contribution in [0.3, 0.4) is 0 Å². The van der Waals surface area contributed by atoms with Crippen molar-refractivity contribution in [2.45, 2.75) is 0 Å². The second kappa shape index (κ2) is 9.89. The number of hydrogen-bond donors (Lipinski definition) is 1. The molecule has 1 N–H and O–H groups in total. The molecule has 0 saturated carbocycles. The van der Waals surface area contributed by atoms with Gasteiger partial charge in [0.2, 0.25) is 5.91 Å². The lowest BCUT2D eigenvalue weighted by molar-refractivity contribution is -0.122. The molecule has 152 valence electrons. The van der Waals surface area contributed by atoms with Crippen molar-refractivity contribution in [3.8, 4) is 0 Å². The van der Waals surface area contributed by atoms with Crippen LogP contribution in [0.2, 0.25) is 0 Å². The molecule has 0 bridgehead atoms. The molecule has 1 saturated heterocycles. The van der Waals surface area contributed by atoms with Gasteiger partial charge in [-0.15, -0.1) is 6.58 Å². The highest BCUT2D eigenvalue weighted by molar-refractivity contribution is 6.00. The summed E-state index contributed by atoms with van der Waals surface area (Å²) in [6, 6.07) is 17.7. The van der Waals surface area contributed by atoms with Gasteiger partial charge >= 0.3 is 0 Å². The van der Waals surface area contributed by atoms with Crippen LogP contribution in [-0.2, 0) is 4.79 Å². The first-order valence-electron chi connectivity index (χ1n) is 9.87. The summed E-state index contributed by atoms with van der Waals surface area (Å²) in [4.78, 5) is 31.1. The van der Waals surface area contributed by atoms with E-state index in [0.29, 0.717) is 44.8 Å². The molecule has 2 aromatic rings. The van der Waals surface area contributed by atoms with E-state index in [1.165, 1.54) is 0 Å². The van der Waals surface area contributed by atoms with Crippen molar-refractivity contribution < 1.29 is 9.59 Å². The monoisotopic (exact) mass is 392 g/mol. The van der Waals surface area contributed by atoms with E-state index in [0.717, 1.165) is 11.4 Å². The molecule has 1 aliphatic rings. The van der Waals surface area contributed by atoms with Crippen LogP contribution < -0.4 is 10.2 Å². The van der Waals surface area contributed by atoms with Gasteiger partial charge in [-0.25, -0.2) is 0 Å². The first-order chi connectivity index (χ1) is 14.1. The van der Waals surface area contributed by atoms with Crippen LogP contribution in [0.1, 0.15) is 10.4 Å². The molecule has 6 nitrogen and oxygen atoms in total. The lowest BCUT2D eigenvalue weighted by Gasteiger charge is -2.35. The van der Waals surface area contributed by atoms with Crippen molar-refractivity contribution in [2.24, 2.45) is 0 Å². The molecular weight excluding hydrogens is 364 g/mol. The third kappa shape index (κ3) is 5.23. The molecule has 0 spiro atoms. The summed E-state index contributed by atoms with van der Waals surface area (Å²) in [5, 5.41) is 2.79. The van der Waals surface area contributed by atoms with E-state index in [-0.39, 0.29) is 11.8 Å². The number of nitrogens with one attached hydrogen (secondary N) is 1. The van der Waals surface area contributed by atoms with Crippen molar-refractivity contribution in [1.29, 1.82) is 0 Å². The van der Waals surface area contributed by atoms with E-state index in [1.54, 1.807) is 6.08 Å². The Balaban J connectivity index is 1.65. The molecule has 6 heteroatoms. The van der Waals surface area contributed by atoms with E-state index >= 15 is 0 Å². The highest BCUT2D eigenvalue weighted by atomic mass is 16.2. The van der Waals surface area contributed by atoms with E-state index < -0.39 is 0 Å². The first kappa shape index (κ1) is 20.6. The van der Waals surface area contributed by atoms with Crippen LogP contribution in [0.4, 0.5) is 11.4 Å². The minimum atomic E-state index is -0.0143. The number of carbonyl (C=O) groups is 2. The molecule has 2 amide bonds. The Morgan fingerprint density at radius 2 is 1.69 bits per heavy atom. The van der Waals surface area contributed by atoms with Crippen LogP contribution in [0, 0.1) is 0 Å². The highest BCUT2D eigenvalue weighted by Gasteiger charge is 2.25. The zero-order chi connectivity index (χ0) is 20.6. The summed E-state index contributed by atoms with van der Waals surface area (Å²) in [6.07, 6.45) is 1.67. The van der Waals surface area contributed by atoms with Gasteiger partial charge in [0, 0.05) is 45.5 Å². The lowest BCUT2D eigenvalue weighted by Crippen LogP contribution is -2.51. The van der Waals surface area contributed by atoms with Crippen LogP contribution in [-0.4, -0.2) is 67.9 Å². The smallest absolute Gasteiger partial charge is 0.256 e. The summed E-state index contributed by atoms with van der Waals surface area (Å²) in [5.41, 5.74) is 2.61. The number of rotatable bonds is 7. The highest BCUT2D eigenvalue weighted by Crippen LogP contribution is 2.28. The van der Waals surface area contributed by atoms with E-state index in [1.807, 2.05) is 71.4 Å². The maximum atomic E-state index is 13.2. The zero-order valence-corrected chi connectivity index (χ0v) is 16.9. The van der Waals surface area contributed by atoms with Crippen LogP contribution in [0.15, 0.2) is 67.3 Å². The fraction of sp³-hybridized carbons (Fsp3) is 0.304. The summed E-state index contributed by atoms with van der Waals surface area (Å²) < 4.78 is 0. The van der Waals surface area contributed by atoms with Gasteiger partial charge in [0.05, 0.1) is 17.8 Å². The Labute approximate surface area is 172 Å². The topological polar surface area (TPSA) is 55.9 Å². The second-order valence-corrected chi connectivity index (χ2v) is 7.07. The van der Waals surface area contributed by atoms with Crippen LogP contribution in [0.25, 0.3) is 0 Å². The first-order valence-corrected chi connectivity index (χ1v) is 9.87. The molecule has 29 heavy (non-hydrogen) atoms. The number of hydrogen-bond acceptors (Lipinski definition) is 4. The Morgan fingerprint density at radius 3 is 2.38 bits per heavy atom. The van der Waals surface area contributed by atoms with Crippen molar-refractivity contribution in [2.75, 3.05) is 51.2 Å². The van der Waals surface area contributed by atoms with Crippen LogP contribution >= 0.6 is 0 Å². The van der Waals surface area contributed by atoms with Gasteiger partial charge in [0.25, 0.3) is 5.91 Å². The normalized spacial score (nSPS) is 14.3. The maximum absolute atomic E-state index is 13.2. The summed E-state index contributed by atoms with van der Waals surface area (Å²) in [5.74, 6) is 0.0126. The Morgan fingerprint density at radius 1 is 1.03 bits per heavy atom. The molecule has 1 fully saturated rings. The van der Waals surface area contributed by atoms with Gasteiger partial charge in [-0.3, -0.25) is 14.5 Å². The molecule has 3 rings (SSSR count). The number of benzene rings is 2. The Bertz CT molecular complexity index is 845. The molecule has 0 unspecified atom stereocenters. The summed E-state index contributed by atoms with van der Waals surface area (Å²) in [6.45, 7) is 7.01. The fourth-order valence-electron chi connectivity index (χ4n) is 3.46. The van der Waals surface area contributed by atoms with E-state index in [2.05, 4.69) is 16.8 Å². The van der Waals surface area contributed by atoms with Crippen molar-refractivity contribution in [3.05, 3.63) is 72.8 Å². The minimum absolute atomic E-state index is 0.0143. The number of amides is 2. The Hall–Kier alpha value is -3.12. The van der Waals surface area contributed by atoms with Gasteiger partial charge < -0.3 is 15.1 Å². The maximum Gasteiger partial charge on any atom is 0.256 e. The quantitative estimate of drug-likeness (QED) is 0.736. The molecular formula is C23H28N4O2. The molecule has 0 radical (unpaired) electrons. The average molecular weight is 393 g/mol. The van der Waals surface area contributed by atoms with Gasteiger partial charge in [-0.1, -0.05) is 36.4 Å². The van der Waals surface area contributed by atoms with E-state index in [4.69, 9.17) is 0 Å². The van der Waals surface area contributed by atoms with Crippen molar-refractivity contribution in [1.82, 2.24) is 15.1 Å². The van der Waals surface area contributed by atoms with Gasteiger partial charge in [0.1, 0.15) is 0 Å². The molecule has 0 aromatic heterocycles. The number of carbonyl (C=O) groups excluding carboxylic acids is 2. The third-order valence-electron chi connectivity index (χ3n) is 5.11. The lowest BCUT2D eigenvalue weighted by atomic mass is 10.1. The van der Waals surface area contributed by atoms with Gasteiger partial charge in [-0.05, 0) is 24.3 Å². The third-order valence-corrected chi connectivity index (χ3v) is 5.11. The molecule has 0 aliphatic carbocycles. The SMILES string of the molecule is C=CCNC(=O)CN1CCN(C(=O)c2ccccc2N(C)c2ccccc2)CC1. The van der Waals surface area contributed by atoms with Crippen molar-refractivity contribution >= 4 is 23.2 Å². The van der Waals surface area contributed by atoms with E-state index in [9.17, 15) is 9.59 Å². The molecule has 1 aliphatic heterocycles. The predicted octanol–water partition coefficient (Wildman–Crippen LogP) is 2.51. The van der Waals surface area contributed by atoms with Gasteiger partial charge in [0.15, 0.2) is 0 Å². The molecule has 1 heterocycles. The minimum Gasteiger partial charge on any atom is -0.352 e. The number of anilines is 2. The number of piperazine rings is 1. The summed E-state index contributed by atoms with van der Waals surface area (Å²) >= 11 is 0. The fourth-order valence-corrected chi connectivity index (χ4v) is 3.46. The average Bonchev–Trinajstić information content (AvgIpc) is 2.78.